The highest BCUT2D eigenvalue weighted by Gasteiger charge is 2.66. The quantitative estimate of drug-likeness (QED) is 0.410. The molecule has 9 atom stereocenters. The van der Waals surface area contributed by atoms with Gasteiger partial charge >= 0.3 is 0 Å². The van der Waals surface area contributed by atoms with Gasteiger partial charge in [0.1, 0.15) is 6.10 Å². The van der Waals surface area contributed by atoms with Crippen LogP contribution in [0.15, 0.2) is 39.8 Å². The molecule has 1 aromatic carbocycles. The number of hydrogen-bond acceptors (Lipinski definition) is 5. The molecule has 4 fully saturated rings. The van der Waals surface area contributed by atoms with Crippen molar-refractivity contribution < 1.29 is 14.3 Å². The molecule has 2 aromatic rings. The second-order valence-electron chi connectivity index (χ2n) is 15.5. The molecule has 5 aliphatic rings. The number of aliphatic hydroxyl groups is 1. The van der Waals surface area contributed by atoms with E-state index in [-0.39, 0.29) is 17.6 Å². The van der Waals surface area contributed by atoms with Crippen molar-refractivity contribution in [3.63, 3.8) is 0 Å². The lowest BCUT2D eigenvalue weighted by Gasteiger charge is -2.64. The maximum atomic E-state index is 13.8. The van der Waals surface area contributed by atoms with E-state index in [1.807, 2.05) is 31.2 Å². The molecular formula is C36H48N2O3. The summed E-state index contributed by atoms with van der Waals surface area (Å²) in [5.41, 5.74) is 4.37. The molecular weight excluding hydrogens is 508 g/mol. The van der Waals surface area contributed by atoms with Gasteiger partial charge in [0.05, 0.1) is 0 Å². The molecule has 5 nitrogen and oxygen atoms in total. The van der Waals surface area contributed by atoms with E-state index >= 15 is 0 Å². The highest BCUT2D eigenvalue weighted by atomic mass is 16.4. The van der Waals surface area contributed by atoms with Gasteiger partial charge < -0.3 is 9.52 Å². The lowest BCUT2D eigenvalue weighted by molar-refractivity contribution is -0.141. The smallest absolute Gasteiger partial charge is 0.247 e. The summed E-state index contributed by atoms with van der Waals surface area (Å²) in [6.45, 7) is 14.1. The number of hydrogen-bond donors (Lipinski definition) is 1. The maximum Gasteiger partial charge on any atom is 0.247 e. The van der Waals surface area contributed by atoms with Crippen LogP contribution < -0.4 is 0 Å². The number of carbonyl (C=O) groups is 1. The van der Waals surface area contributed by atoms with Crippen molar-refractivity contribution in [3.8, 4) is 11.5 Å². The third-order valence-electron chi connectivity index (χ3n) is 13.3. The highest BCUT2D eigenvalue weighted by molar-refractivity contribution is 6.00. The van der Waals surface area contributed by atoms with E-state index in [0.29, 0.717) is 35.0 Å². The zero-order chi connectivity index (χ0) is 28.9. The van der Waals surface area contributed by atoms with Crippen LogP contribution in [0.1, 0.15) is 110 Å². The molecule has 41 heavy (non-hydrogen) atoms. The van der Waals surface area contributed by atoms with Crippen LogP contribution in [0.25, 0.3) is 11.5 Å². The summed E-state index contributed by atoms with van der Waals surface area (Å²) < 4.78 is 6.16. The molecule has 0 amide bonds. The normalized spacial score (nSPS) is 40.8. The first kappa shape index (κ1) is 27.6. The Labute approximate surface area is 245 Å². The molecule has 5 heteroatoms. The van der Waals surface area contributed by atoms with Crippen molar-refractivity contribution in [2.75, 3.05) is 0 Å². The number of benzene rings is 1. The Morgan fingerprint density at radius 3 is 2.34 bits per heavy atom. The monoisotopic (exact) mass is 556 g/mol. The molecule has 1 N–H and O–H groups in total. The summed E-state index contributed by atoms with van der Waals surface area (Å²) >= 11 is 0. The molecule has 0 saturated heterocycles. The van der Waals surface area contributed by atoms with Gasteiger partial charge in [-0.15, -0.1) is 10.2 Å². The van der Waals surface area contributed by atoms with Gasteiger partial charge in [-0.25, -0.2) is 0 Å². The van der Waals surface area contributed by atoms with E-state index in [1.54, 1.807) is 0 Å². The molecule has 7 rings (SSSR count). The van der Waals surface area contributed by atoms with Crippen LogP contribution in [0.4, 0.5) is 0 Å². The van der Waals surface area contributed by atoms with E-state index < -0.39 is 11.5 Å². The minimum absolute atomic E-state index is 0.144. The summed E-state index contributed by atoms with van der Waals surface area (Å²) in [7, 11) is 0. The van der Waals surface area contributed by atoms with Crippen LogP contribution >= 0.6 is 0 Å². The first-order valence-corrected chi connectivity index (χ1v) is 16.4. The van der Waals surface area contributed by atoms with Crippen molar-refractivity contribution in [1.82, 2.24) is 10.2 Å². The van der Waals surface area contributed by atoms with Crippen LogP contribution in [-0.4, -0.2) is 21.1 Å². The summed E-state index contributed by atoms with van der Waals surface area (Å²) in [5, 5.41) is 20.8. The van der Waals surface area contributed by atoms with Gasteiger partial charge in [0.15, 0.2) is 5.78 Å². The van der Waals surface area contributed by atoms with E-state index in [9.17, 15) is 9.90 Å². The van der Waals surface area contributed by atoms with Crippen molar-refractivity contribution in [2.24, 2.45) is 51.8 Å². The molecule has 1 aromatic heterocycles. The van der Waals surface area contributed by atoms with Gasteiger partial charge in [0, 0.05) is 17.4 Å². The van der Waals surface area contributed by atoms with Crippen molar-refractivity contribution in [3.05, 3.63) is 46.9 Å². The van der Waals surface area contributed by atoms with Gasteiger partial charge in [0.25, 0.3) is 0 Å². The van der Waals surface area contributed by atoms with Gasteiger partial charge in [-0.2, -0.15) is 0 Å². The zero-order valence-corrected chi connectivity index (χ0v) is 25.9. The number of Topliss-reactive ketones (excluding diaryl/α,β-unsaturated/α-hetero) is 1. The standard InChI is InChI=1S/C36H48N2O3/c1-20(2)29-27(39)19-36(31(40)33-38-37-32(41-33)23-9-7-21(3)8-10-23)18-15-26-24(30(29)36)11-12-28-34(5)16-13-22(4)25(34)14-17-35(26,28)6/h7-10,20,22,24-26,28,31,40H,11-19H2,1-6H3. The number of aliphatic hydroxyl groups excluding tert-OH is 1. The number of rotatable bonds is 4. The van der Waals surface area contributed by atoms with E-state index in [0.717, 1.165) is 53.7 Å². The summed E-state index contributed by atoms with van der Waals surface area (Å²) in [6.07, 6.45) is 9.04. The Bertz CT molecular complexity index is 1390. The van der Waals surface area contributed by atoms with Crippen molar-refractivity contribution >= 4 is 5.78 Å². The number of fused-ring (bicyclic) bond motifs is 7. The fourth-order valence-electron chi connectivity index (χ4n) is 11.5. The number of ketones is 1. The van der Waals surface area contributed by atoms with Crippen molar-refractivity contribution in [2.45, 2.75) is 105 Å². The van der Waals surface area contributed by atoms with E-state index in [1.165, 1.54) is 37.7 Å². The zero-order valence-electron chi connectivity index (χ0n) is 25.9. The Morgan fingerprint density at radius 2 is 1.61 bits per heavy atom. The van der Waals surface area contributed by atoms with Gasteiger partial charge in [0.2, 0.25) is 11.8 Å². The predicted molar refractivity (Wildman–Crippen MR) is 160 cm³/mol. The summed E-state index contributed by atoms with van der Waals surface area (Å²) in [4.78, 5) is 13.8. The minimum Gasteiger partial charge on any atom is -0.418 e. The Balaban J connectivity index is 1.27. The van der Waals surface area contributed by atoms with Crippen LogP contribution in [0.2, 0.25) is 0 Å². The first-order valence-electron chi connectivity index (χ1n) is 16.4. The summed E-state index contributed by atoms with van der Waals surface area (Å²) in [6, 6.07) is 8.00. The fourth-order valence-corrected chi connectivity index (χ4v) is 11.5. The fraction of sp³-hybridized carbons (Fsp3) is 0.694. The average Bonchev–Trinajstić information content (AvgIpc) is 3.62. The molecule has 0 spiro atoms. The molecule has 4 saturated carbocycles. The van der Waals surface area contributed by atoms with Gasteiger partial charge in [-0.3, -0.25) is 4.79 Å². The SMILES string of the molecule is Cc1ccc(-c2nnc(C(O)C34CCC5C(CCC6C7(C)CCC(C)C7CCC56C)C3=C(C(C)C)C(=O)C4)o2)cc1. The number of aryl methyl sites for hydroxylation is 1. The number of carbonyl (C=O) groups excluding carboxylic acids is 1. The van der Waals surface area contributed by atoms with E-state index in [2.05, 4.69) is 44.8 Å². The third-order valence-corrected chi connectivity index (χ3v) is 13.3. The number of allylic oxidation sites excluding steroid dienone is 1. The van der Waals surface area contributed by atoms with Crippen LogP contribution in [0, 0.1) is 58.7 Å². The summed E-state index contributed by atoms with van der Waals surface area (Å²) in [5.74, 6) is 4.42. The van der Waals surface area contributed by atoms with Gasteiger partial charge in [-0.1, -0.05) is 57.9 Å². The number of aromatic nitrogens is 2. The van der Waals surface area contributed by atoms with Crippen LogP contribution in [0.5, 0.6) is 0 Å². The second-order valence-corrected chi connectivity index (χ2v) is 15.5. The van der Waals surface area contributed by atoms with Crippen LogP contribution in [-0.2, 0) is 4.79 Å². The molecule has 1 heterocycles. The lowest BCUT2D eigenvalue weighted by Crippen LogP contribution is -2.57. The molecule has 0 aliphatic heterocycles. The lowest BCUT2D eigenvalue weighted by atomic mass is 9.40. The molecule has 5 aliphatic carbocycles. The van der Waals surface area contributed by atoms with Gasteiger partial charge in [-0.05, 0) is 122 Å². The van der Waals surface area contributed by atoms with E-state index in [4.69, 9.17) is 4.42 Å². The molecule has 0 bridgehead atoms. The molecule has 0 radical (unpaired) electrons. The Morgan fingerprint density at radius 1 is 0.927 bits per heavy atom. The average molecular weight is 557 g/mol. The first-order chi connectivity index (χ1) is 19.5. The predicted octanol–water partition coefficient (Wildman–Crippen LogP) is 8.28. The molecule has 9 unspecified atom stereocenters. The maximum absolute atomic E-state index is 13.8. The third kappa shape index (κ3) is 3.79. The number of nitrogens with zero attached hydrogens (tertiary/aromatic N) is 2. The second kappa shape index (κ2) is 9.36. The molecule has 220 valence electrons. The van der Waals surface area contributed by atoms with Crippen LogP contribution in [0.3, 0.4) is 0 Å². The Kier molecular flexibility index (Phi) is 6.29. The topological polar surface area (TPSA) is 76.2 Å². The largest absolute Gasteiger partial charge is 0.418 e. The van der Waals surface area contributed by atoms with Crippen molar-refractivity contribution in [1.29, 1.82) is 0 Å². The minimum atomic E-state index is -0.972. The Hall–Kier alpha value is -2.27. The highest BCUT2D eigenvalue weighted by Crippen LogP contribution is 2.73.